The molecule has 0 saturated heterocycles. The summed E-state index contributed by atoms with van der Waals surface area (Å²) < 4.78 is 12.3. The van der Waals surface area contributed by atoms with Gasteiger partial charge in [-0.1, -0.05) is 36.4 Å². The largest absolute Gasteiger partial charge is 0.463 e. The molecule has 1 aliphatic heterocycles. The van der Waals surface area contributed by atoms with Gasteiger partial charge in [-0.15, -0.1) is 0 Å². The van der Waals surface area contributed by atoms with Gasteiger partial charge in [0, 0.05) is 17.7 Å². The minimum Gasteiger partial charge on any atom is -0.463 e. The van der Waals surface area contributed by atoms with Crippen molar-refractivity contribution in [1.29, 1.82) is 0 Å². The molecule has 0 radical (unpaired) electrons. The monoisotopic (exact) mass is 307 g/mol. The molecule has 0 bridgehead atoms. The fraction of sp³-hybridized carbons (Fsp3) is 0.350. The molecule has 0 N–H and O–H groups in total. The summed E-state index contributed by atoms with van der Waals surface area (Å²) in [5.74, 6) is 1.42. The topological polar surface area (TPSA) is 30.8 Å². The van der Waals surface area contributed by atoms with Gasteiger partial charge in [0.15, 0.2) is 5.60 Å². The van der Waals surface area contributed by atoms with Crippen LogP contribution in [0.3, 0.4) is 0 Å². The van der Waals surface area contributed by atoms with Gasteiger partial charge in [0.25, 0.3) is 0 Å². The maximum Gasteiger partial charge on any atom is 0.222 e. The Hall–Kier alpha value is -2.13. The van der Waals surface area contributed by atoms with Crippen LogP contribution in [0.2, 0.25) is 0 Å². The summed E-state index contributed by atoms with van der Waals surface area (Å²) in [7, 11) is 0. The van der Waals surface area contributed by atoms with E-state index < -0.39 is 5.60 Å². The zero-order valence-electron chi connectivity index (χ0n) is 13.4. The summed E-state index contributed by atoms with van der Waals surface area (Å²) in [6.07, 6.45) is 2.59. The second-order valence-electron chi connectivity index (χ2n) is 6.59. The van der Waals surface area contributed by atoms with Gasteiger partial charge in [-0.2, -0.15) is 0 Å². The maximum atomic E-state index is 6.31. The van der Waals surface area contributed by atoms with E-state index in [-0.39, 0.29) is 0 Å². The Balaban J connectivity index is 1.65. The zero-order chi connectivity index (χ0) is 15.7. The van der Waals surface area contributed by atoms with E-state index >= 15 is 0 Å². The Labute approximate surface area is 137 Å². The first-order valence-electron chi connectivity index (χ1n) is 8.25. The Kier molecular flexibility index (Phi) is 3.66. The van der Waals surface area contributed by atoms with E-state index in [1.807, 2.05) is 48.5 Å². The Morgan fingerprint density at radius 1 is 1.09 bits per heavy atom. The third-order valence-corrected chi connectivity index (χ3v) is 4.47. The first-order valence-corrected chi connectivity index (χ1v) is 8.25. The predicted octanol–water partition coefficient (Wildman–Crippen LogP) is 4.44. The summed E-state index contributed by atoms with van der Waals surface area (Å²) in [4.78, 5) is 4.71. The lowest BCUT2D eigenvalue weighted by Crippen LogP contribution is -2.37. The highest BCUT2D eigenvalue weighted by atomic mass is 16.5. The van der Waals surface area contributed by atoms with Gasteiger partial charge < -0.3 is 9.47 Å². The summed E-state index contributed by atoms with van der Waals surface area (Å²) >= 11 is 0. The van der Waals surface area contributed by atoms with E-state index in [1.54, 1.807) is 0 Å². The Morgan fingerprint density at radius 3 is 2.61 bits per heavy atom. The van der Waals surface area contributed by atoms with Crippen molar-refractivity contribution in [2.24, 2.45) is 10.9 Å². The molecule has 0 spiro atoms. The third-order valence-electron chi connectivity index (χ3n) is 4.47. The number of rotatable bonds is 5. The molecule has 0 amide bonds. The van der Waals surface area contributed by atoms with Crippen molar-refractivity contribution in [2.45, 2.75) is 25.4 Å². The minimum absolute atomic E-state index is 0.502. The van der Waals surface area contributed by atoms with Gasteiger partial charge >= 0.3 is 0 Å². The average molecular weight is 307 g/mol. The van der Waals surface area contributed by atoms with Gasteiger partial charge in [0.2, 0.25) is 5.90 Å². The summed E-state index contributed by atoms with van der Waals surface area (Å²) in [6, 6.07) is 18.2. The van der Waals surface area contributed by atoms with E-state index in [0.29, 0.717) is 12.5 Å². The molecule has 4 rings (SSSR count). The van der Waals surface area contributed by atoms with Gasteiger partial charge in [0.1, 0.15) is 0 Å². The highest BCUT2D eigenvalue weighted by molar-refractivity contribution is 5.97. The van der Waals surface area contributed by atoms with Crippen LogP contribution in [0.5, 0.6) is 0 Å². The van der Waals surface area contributed by atoms with Crippen molar-refractivity contribution >= 4 is 11.6 Å². The normalized spacial score (nSPS) is 22.9. The SMILES string of the molecule is CC1(COCC2CC2)OC(c2ccccc2)=Nc2ccccc21. The molecule has 2 aromatic carbocycles. The lowest BCUT2D eigenvalue weighted by Gasteiger charge is -2.35. The van der Waals surface area contributed by atoms with E-state index in [4.69, 9.17) is 14.5 Å². The number of hydrogen-bond donors (Lipinski definition) is 0. The number of benzene rings is 2. The molecule has 1 atom stereocenters. The Bertz CT molecular complexity index is 721. The molecule has 118 valence electrons. The maximum absolute atomic E-state index is 6.31. The number of aliphatic imine (C=N–C) groups is 1. The van der Waals surface area contributed by atoms with Crippen molar-refractivity contribution in [3.05, 3.63) is 65.7 Å². The van der Waals surface area contributed by atoms with Crippen LogP contribution in [0.1, 0.15) is 30.9 Å². The summed E-state index contributed by atoms with van der Waals surface area (Å²) in [5, 5.41) is 0. The van der Waals surface area contributed by atoms with E-state index in [1.165, 1.54) is 12.8 Å². The average Bonchev–Trinajstić information content (AvgIpc) is 3.40. The standard InChI is InChI=1S/C20H21NO2/c1-20(14-22-13-15-11-12-15)17-9-5-6-10-18(17)21-19(23-20)16-7-3-2-4-8-16/h2-10,15H,11-14H2,1H3. The van der Waals surface area contributed by atoms with Crippen LogP contribution in [0, 0.1) is 5.92 Å². The molecule has 0 aromatic heterocycles. The van der Waals surface area contributed by atoms with E-state index in [0.717, 1.165) is 29.3 Å². The fourth-order valence-electron chi connectivity index (χ4n) is 2.94. The van der Waals surface area contributed by atoms with E-state index in [9.17, 15) is 0 Å². The van der Waals surface area contributed by atoms with Crippen molar-refractivity contribution in [3.63, 3.8) is 0 Å². The molecular weight excluding hydrogens is 286 g/mol. The summed E-state index contributed by atoms with van der Waals surface area (Å²) in [6.45, 7) is 3.47. The lowest BCUT2D eigenvalue weighted by molar-refractivity contribution is -0.0315. The van der Waals surface area contributed by atoms with E-state index in [2.05, 4.69) is 13.0 Å². The van der Waals surface area contributed by atoms with Crippen LogP contribution in [0.4, 0.5) is 5.69 Å². The first kappa shape index (κ1) is 14.5. The number of fused-ring (bicyclic) bond motifs is 1. The third kappa shape index (κ3) is 3.02. The minimum atomic E-state index is -0.502. The molecule has 2 aromatic rings. The molecule has 1 aliphatic carbocycles. The van der Waals surface area contributed by atoms with Crippen LogP contribution in [-0.2, 0) is 15.1 Å². The number of nitrogens with zero attached hydrogens (tertiary/aromatic N) is 1. The van der Waals surface area contributed by atoms with Crippen LogP contribution >= 0.6 is 0 Å². The molecule has 3 heteroatoms. The highest BCUT2D eigenvalue weighted by Crippen LogP contribution is 2.39. The van der Waals surface area contributed by atoms with Crippen molar-refractivity contribution < 1.29 is 9.47 Å². The van der Waals surface area contributed by atoms with Gasteiger partial charge in [-0.05, 0) is 43.9 Å². The van der Waals surface area contributed by atoms with Crippen LogP contribution in [0.15, 0.2) is 59.6 Å². The number of hydrogen-bond acceptors (Lipinski definition) is 3. The van der Waals surface area contributed by atoms with Crippen molar-refractivity contribution in [2.75, 3.05) is 13.2 Å². The second kappa shape index (κ2) is 5.82. The molecule has 1 heterocycles. The number of para-hydroxylation sites is 1. The molecule has 1 fully saturated rings. The smallest absolute Gasteiger partial charge is 0.222 e. The molecular formula is C20H21NO2. The molecule has 1 saturated carbocycles. The van der Waals surface area contributed by atoms with Gasteiger partial charge in [-0.3, -0.25) is 0 Å². The molecule has 23 heavy (non-hydrogen) atoms. The highest BCUT2D eigenvalue weighted by Gasteiger charge is 2.37. The molecule has 2 aliphatic rings. The first-order chi connectivity index (χ1) is 11.2. The van der Waals surface area contributed by atoms with Crippen molar-refractivity contribution in [3.8, 4) is 0 Å². The van der Waals surface area contributed by atoms with Crippen LogP contribution < -0.4 is 0 Å². The van der Waals surface area contributed by atoms with Gasteiger partial charge in [-0.25, -0.2) is 4.99 Å². The fourth-order valence-corrected chi connectivity index (χ4v) is 2.94. The molecule has 1 unspecified atom stereocenters. The lowest BCUT2D eigenvalue weighted by atomic mass is 9.93. The quantitative estimate of drug-likeness (QED) is 0.818. The molecule has 3 nitrogen and oxygen atoms in total. The van der Waals surface area contributed by atoms with Crippen LogP contribution in [0.25, 0.3) is 0 Å². The van der Waals surface area contributed by atoms with Crippen LogP contribution in [-0.4, -0.2) is 19.1 Å². The predicted molar refractivity (Wildman–Crippen MR) is 91.1 cm³/mol. The summed E-state index contributed by atoms with van der Waals surface area (Å²) in [5.41, 5.74) is 2.55. The van der Waals surface area contributed by atoms with Crippen molar-refractivity contribution in [1.82, 2.24) is 0 Å². The van der Waals surface area contributed by atoms with Gasteiger partial charge in [0.05, 0.1) is 12.3 Å². The second-order valence-corrected chi connectivity index (χ2v) is 6.59. The zero-order valence-corrected chi connectivity index (χ0v) is 13.4. The number of ether oxygens (including phenoxy) is 2. The Morgan fingerprint density at radius 2 is 1.83 bits per heavy atom.